The van der Waals surface area contributed by atoms with Gasteiger partial charge >= 0.3 is 0 Å². The van der Waals surface area contributed by atoms with Crippen LogP contribution in [-0.4, -0.2) is 53.5 Å². The topological polar surface area (TPSA) is 68.5 Å². The lowest BCUT2D eigenvalue weighted by atomic mass is 9.93. The third-order valence-electron chi connectivity index (χ3n) is 3.80. The van der Waals surface area contributed by atoms with E-state index in [0.717, 1.165) is 32.4 Å². The number of carbonyl (C=O) groups is 1. The lowest BCUT2D eigenvalue weighted by Gasteiger charge is -2.31. The van der Waals surface area contributed by atoms with Gasteiger partial charge in [0, 0.05) is 39.5 Å². The summed E-state index contributed by atoms with van der Waals surface area (Å²) in [5.74, 6) is 2.74. The fourth-order valence-electron chi connectivity index (χ4n) is 2.56. The smallest absolute Gasteiger partial charge is 0.226 e. The highest BCUT2D eigenvalue weighted by atomic mass is 32.1. The zero-order valence-electron chi connectivity index (χ0n) is 12.5. The minimum atomic E-state index is 0.211. The van der Waals surface area contributed by atoms with Gasteiger partial charge in [0.2, 0.25) is 11.8 Å². The van der Waals surface area contributed by atoms with Crippen LogP contribution in [0, 0.1) is 5.92 Å². The first-order valence-electron chi connectivity index (χ1n) is 7.42. The second-order valence-corrected chi connectivity index (χ2v) is 5.80. The molecule has 0 aromatic carbocycles. The summed E-state index contributed by atoms with van der Waals surface area (Å²) in [6.45, 7) is 2.24. The van der Waals surface area contributed by atoms with Crippen LogP contribution in [0.3, 0.4) is 0 Å². The van der Waals surface area contributed by atoms with Crippen molar-refractivity contribution in [2.24, 2.45) is 5.92 Å². The van der Waals surface area contributed by atoms with Crippen LogP contribution >= 0.6 is 12.6 Å². The molecule has 1 aliphatic heterocycles. The van der Waals surface area contributed by atoms with Crippen LogP contribution in [-0.2, 0) is 22.4 Å². The van der Waals surface area contributed by atoms with E-state index in [0.29, 0.717) is 42.8 Å². The Hall–Kier alpha value is -1.08. The second kappa shape index (κ2) is 8.38. The standard InChI is InChI=1S/C14H23N3O3S/c1-19-8-4-12-15-13(20-16-12)10-11-2-6-17(7-3-11)14(18)5-9-21/h11,21H,2-10H2,1H3. The van der Waals surface area contributed by atoms with Gasteiger partial charge in [-0.3, -0.25) is 4.79 Å². The van der Waals surface area contributed by atoms with Gasteiger partial charge in [-0.1, -0.05) is 5.16 Å². The summed E-state index contributed by atoms with van der Waals surface area (Å²) < 4.78 is 10.3. The molecule has 0 spiro atoms. The van der Waals surface area contributed by atoms with Crippen molar-refractivity contribution in [3.63, 3.8) is 0 Å². The Morgan fingerprint density at radius 1 is 1.48 bits per heavy atom. The zero-order valence-corrected chi connectivity index (χ0v) is 13.3. The molecule has 1 aromatic heterocycles. The summed E-state index contributed by atoms with van der Waals surface area (Å²) >= 11 is 4.11. The Bertz CT molecular complexity index is 444. The fraction of sp³-hybridized carbons (Fsp3) is 0.786. The number of aromatic nitrogens is 2. The molecule has 1 fully saturated rings. The van der Waals surface area contributed by atoms with Gasteiger partial charge in [-0.05, 0) is 24.5 Å². The van der Waals surface area contributed by atoms with Crippen molar-refractivity contribution in [2.45, 2.75) is 32.1 Å². The number of rotatable bonds is 7. The number of carbonyl (C=O) groups excluding carboxylic acids is 1. The van der Waals surface area contributed by atoms with Gasteiger partial charge in [-0.25, -0.2) is 0 Å². The number of likely N-dealkylation sites (tertiary alicyclic amines) is 1. The Morgan fingerprint density at radius 2 is 2.24 bits per heavy atom. The molecule has 6 nitrogen and oxygen atoms in total. The molecule has 7 heteroatoms. The van der Waals surface area contributed by atoms with Crippen molar-refractivity contribution in [1.82, 2.24) is 15.0 Å². The highest BCUT2D eigenvalue weighted by molar-refractivity contribution is 7.80. The summed E-state index contributed by atoms with van der Waals surface area (Å²) in [5, 5.41) is 3.95. The Kier molecular flexibility index (Phi) is 6.50. The molecule has 21 heavy (non-hydrogen) atoms. The van der Waals surface area contributed by atoms with Gasteiger partial charge in [0.25, 0.3) is 0 Å². The average Bonchev–Trinajstić information content (AvgIpc) is 2.93. The van der Waals surface area contributed by atoms with E-state index in [1.807, 2.05) is 4.90 Å². The van der Waals surface area contributed by atoms with Crippen molar-refractivity contribution in [3.05, 3.63) is 11.7 Å². The molecule has 0 saturated carbocycles. The van der Waals surface area contributed by atoms with Crippen LogP contribution in [0.1, 0.15) is 31.0 Å². The first kappa shape index (κ1) is 16.3. The molecule has 1 aliphatic rings. The van der Waals surface area contributed by atoms with E-state index in [-0.39, 0.29) is 5.91 Å². The molecule has 0 N–H and O–H groups in total. The number of hydrogen-bond donors (Lipinski definition) is 1. The van der Waals surface area contributed by atoms with Crippen LogP contribution in [0.5, 0.6) is 0 Å². The Morgan fingerprint density at radius 3 is 2.90 bits per heavy atom. The van der Waals surface area contributed by atoms with Gasteiger partial charge in [-0.15, -0.1) is 0 Å². The van der Waals surface area contributed by atoms with Gasteiger partial charge in [-0.2, -0.15) is 17.6 Å². The minimum absolute atomic E-state index is 0.211. The Labute approximate surface area is 130 Å². The van der Waals surface area contributed by atoms with E-state index in [4.69, 9.17) is 9.26 Å². The zero-order chi connectivity index (χ0) is 15.1. The first-order valence-corrected chi connectivity index (χ1v) is 8.05. The molecule has 0 unspecified atom stereocenters. The lowest BCUT2D eigenvalue weighted by molar-refractivity contribution is -0.132. The van der Waals surface area contributed by atoms with Crippen molar-refractivity contribution >= 4 is 18.5 Å². The van der Waals surface area contributed by atoms with Gasteiger partial charge in [0.15, 0.2) is 5.82 Å². The summed E-state index contributed by atoms with van der Waals surface area (Å²) in [6, 6.07) is 0. The number of nitrogens with zero attached hydrogens (tertiary/aromatic N) is 3. The van der Waals surface area contributed by atoms with Crippen LogP contribution in [0.15, 0.2) is 4.52 Å². The highest BCUT2D eigenvalue weighted by Crippen LogP contribution is 2.21. The van der Waals surface area contributed by atoms with Gasteiger partial charge in [0.05, 0.1) is 6.61 Å². The molecule has 0 atom stereocenters. The quantitative estimate of drug-likeness (QED) is 0.770. The summed E-state index contributed by atoms with van der Waals surface area (Å²) in [4.78, 5) is 18.1. The van der Waals surface area contributed by atoms with E-state index in [2.05, 4.69) is 22.8 Å². The molecule has 1 saturated heterocycles. The maximum absolute atomic E-state index is 11.8. The molecule has 0 aliphatic carbocycles. The maximum Gasteiger partial charge on any atom is 0.226 e. The average molecular weight is 313 g/mol. The van der Waals surface area contributed by atoms with E-state index in [9.17, 15) is 4.79 Å². The third-order valence-corrected chi connectivity index (χ3v) is 4.02. The van der Waals surface area contributed by atoms with Crippen molar-refractivity contribution in [2.75, 3.05) is 32.6 Å². The number of ether oxygens (including phenoxy) is 1. The second-order valence-electron chi connectivity index (χ2n) is 5.35. The predicted octanol–water partition coefficient (Wildman–Crippen LogP) is 1.36. The normalized spacial score (nSPS) is 16.4. The number of amides is 1. The summed E-state index contributed by atoms with van der Waals surface area (Å²) in [6.07, 6.45) is 3.99. The molecule has 2 heterocycles. The Balaban J connectivity index is 1.75. The van der Waals surface area contributed by atoms with E-state index >= 15 is 0 Å². The van der Waals surface area contributed by atoms with Crippen LogP contribution in [0.4, 0.5) is 0 Å². The lowest BCUT2D eigenvalue weighted by Crippen LogP contribution is -2.39. The molecular formula is C14H23N3O3S. The van der Waals surface area contributed by atoms with Gasteiger partial charge in [0.1, 0.15) is 0 Å². The number of hydrogen-bond acceptors (Lipinski definition) is 6. The number of thiol groups is 1. The van der Waals surface area contributed by atoms with Crippen LogP contribution in [0.2, 0.25) is 0 Å². The SMILES string of the molecule is COCCc1noc(CC2CCN(C(=O)CCS)CC2)n1. The fourth-order valence-corrected chi connectivity index (χ4v) is 2.75. The first-order chi connectivity index (χ1) is 10.2. The van der Waals surface area contributed by atoms with Crippen LogP contribution in [0.25, 0.3) is 0 Å². The molecule has 0 radical (unpaired) electrons. The highest BCUT2D eigenvalue weighted by Gasteiger charge is 2.24. The van der Waals surface area contributed by atoms with E-state index in [1.54, 1.807) is 7.11 Å². The van der Waals surface area contributed by atoms with Crippen LogP contribution < -0.4 is 0 Å². The molecule has 2 rings (SSSR count). The third kappa shape index (κ3) is 5.00. The molecular weight excluding hydrogens is 290 g/mol. The number of piperidine rings is 1. The number of methoxy groups -OCH3 is 1. The predicted molar refractivity (Wildman–Crippen MR) is 81.4 cm³/mol. The van der Waals surface area contributed by atoms with Gasteiger partial charge < -0.3 is 14.2 Å². The largest absolute Gasteiger partial charge is 0.384 e. The molecule has 118 valence electrons. The van der Waals surface area contributed by atoms with E-state index < -0.39 is 0 Å². The molecule has 1 aromatic rings. The van der Waals surface area contributed by atoms with E-state index in [1.165, 1.54) is 0 Å². The van der Waals surface area contributed by atoms with Crippen molar-refractivity contribution in [1.29, 1.82) is 0 Å². The monoisotopic (exact) mass is 313 g/mol. The summed E-state index contributed by atoms with van der Waals surface area (Å²) in [7, 11) is 1.66. The molecule has 0 bridgehead atoms. The minimum Gasteiger partial charge on any atom is -0.384 e. The van der Waals surface area contributed by atoms with Crippen molar-refractivity contribution < 1.29 is 14.1 Å². The maximum atomic E-state index is 11.8. The van der Waals surface area contributed by atoms with Crippen molar-refractivity contribution in [3.8, 4) is 0 Å². The summed E-state index contributed by atoms with van der Waals surface area (Å²) in [5.41, 5.74) is 0. The molecule has 1 amide bonds.